The molecule has 158 valence electrons. The lowest BCUT2D eigenvalue weighted by Gasteiger charge is -2.30. The Morgan fingerprint density at radius 3 is 2.87 bits per heavy atom. The van der Waals surface area contributed by atoms with Crippen molar-refractivity contribution in [3.63, 3.8) is 0 Å². The number of thiazole rings is 1. The number of carbonyl (C=O) groups is 1. The standard InChI is InChI=1S/C21H20N6O3S/c28-14-2-1-13-11-27(20(30)15(13)9-14)21-25-17(12-31-21)19(29)24-16-10-23-4-3-18(16)26-7-5-22-6-8-26/h1-4,9-12,22,28,30H,5-8H2,(H,24,29). The molecule has 31 heavy (non-hydrogen) atoms. The summed E-state index contributed by atoms with van der Waals surface area (Å²) in [5.74, 6) is -0.322. The maximum Gasteiger partial charge on any atom is 0.275 e. The number of phenols is 1. The summed E-state index contributed by atoms with van der Waals surface area (Å²) in [5.41, 5.74) is 1.80. The zero-order valence-electron chi connectivity index (χ0n) is 16.4. The van der Waals surface area contributed by atoms with Crippen molar-refractivity contribution in [3.8, 4) is 16.8 Å². The molecule has 10 heteroatoms. The van der Waals surface area contributed by atoms with Crippen LogP contribution in [-0.2, 0) is 0 Å². The molecule has 0 unspecified atom stereocenters. The number of piperazine rings is 1. The summed E-state index contributed by atoms with van der Waals surface area (Å²) in [6, 6.07) is 6.65. The van der Waals surface area contributed by atoms with E-state index < -0.39 is 0 Å². The number of benzene rings is 1. The third kappa shape index (κ3) is 3.66. The van der Waals surface area contributed by atoms with Gasteiger partial charge in [0.1, 0.15) is 11.4 Å². The van der Waals surface area contributed by atoms with E-state index in [9.17, 15) is 15.0 Å². The van der Waals surface area contributed by atoms with Crippen molar-refractivity contribution in [1.29, 1.82) is 0 Å². The van der Waals surface area contributed by atoms with E-state index in [4.69, 9.17) is 0 Å². The maximum absolute atomic E-state index is 12.9. The molecule has 5 rings (SSSR count). The summed E-state index contributed by atoms with van der Waals surface area (Å²) in [6.45, 7) is 3.47. The van der Waals surface area contributed by atoms with Gasteiger partial charge in [0.15, 0.2) is 5.13 Å². The molecule has 1 amide bonds. The Morgan fingerprint density at radius 1 is 1.19 bits per heavy atom. The van der Waals surface area contributed by atoms with Gasteiger partial charge in [-0.2, -0.15) is 0 Å². The van der Waals surface area contributed by atoms with Crippen LogP contribution in [0.2, 0.25) is 0 Å². The number of anilines is 2. The van der Waals surface area contributed by atoms with E-state index in [1.165, 1.54) is 22.0 Å². The molecule has 4 N–H and O–H groups in total. The van der Waals surface area contributed by atoms with Gasteiger partial charge in [-0.05, 0) is 24.3 Å². The van der Waals surface area contributed by atoms with Gasteiger partial charge in [0, 0.05) is 54.7 Å². The number of aromatic nitrogens is 3. The molecule has 4 heterocycles. The fraction of sp³-hybridized carbons (Fsp3) is 0.190. The van der Waals surface area contributed by atoms with E-state index in [0.29, 0.717) is 16.2 Å². The Kier molecular flexibility index (Phi) is 4.92. The Morgan fingerprint density at radius 2 is 2.03 bits per heavy atom. The quantitative estimate of drug-likeness (QED) is 0.389. The lowest BCUT2D eigenvalue weighted by atomic mass is 10.2. The second-order valence-electron chi connectivity index (χ2n) is 7.19. The van der Waals surface area contributed by atoms with Crippen LogP contribution in [0.1, 0.15) is 10.5 Å². The first-order valence-corrected chi connectivity index (χ1v) is 10.7. The van der Waals surface area contributed by atoms with Crippen LogP contribution in [0.15, 0.2) is 48.2 Å². The maximum atomic E-state index is 12.9. The van der Waals surface area contributed by atoms with E-state index in [-0.39, 0.29) is 23.2 Å². The fourth-order valence-electron chi connectivity index (χ4n) is 3.66. The van der Waals surface area contributed by atoms with Crippen molar-refractivity contribution in [2.75, 3.05) is 36.4 Å². The molecule has 0 bridgehead atoms. The van der Waals surface area contributed by atoms with Gasteiger partial charge in [-0.15, -0.1) is 11.3 Å². The predicted octanol–water partition coefficient (Wildman–Crippen LogP) is 2.56. The molecule has 0 spiro atoms. The molecule has 0 radical (unpaired) electrons. The number of fused-ring (bicyclic) bond motifs is 1. The van der Waals surface area contributed by atoms with Gasteiger partial charge in [0.05, 0.1) is 17.6 Å². The minimum absolute atomic E-state index is 0.0412. The number of pyridine rings is 1. The minimum atomic E-state index is -0.347. The zero-order chi connectivity index (χ0) is 21.4. The van der Waals surface area contributed by atoms with Crippen molar-refractivity contribution in [1.82, 2.24) is 19.9 Å². The molecule has 0 atom stereocenters. The number of amides is 1. The van der Waals surface area contributed by atoms with Gasteiger partial charge in [-0.1, -0.05) is 0 Å². The first-order chi connectivity index (χ1) is 15.1. The molecule has 0 saturated carbocycles. The van der Waals surface area contributed by atoms with Crippen LogP contribution >= 0.6 is 11.3 Å². The third-order valence-electron chi connectivity index (χ3n) is 5.21. The second-order valence-corrected chi connectivity index (χ2v) is 8.03. The van der Waals surface area contributed by atoms with Crippen molar-refractivity contribution >= 4 is 39.4 Å². The highest BCUT2D eigenvalue weighted by atomic mass is 32.1. The Balaban J connectivity index is 1.40. The average Bonchev–Trinajstić information content (AvgIpc) is 3.40. The molecule has 1 aliphatic heterocycles. The van der Waals surface area contributed by atoms with Gasteiger partial charge in [-0.25, -0.2) is 4.98 Å². The number of hydrogen-bond acceptors (Lipinski definition) is 8. The lowest BCUT2D eigenvalue weighted by Crippen LogP contribution is -2.43. The topological polar surface area (TPSA) is 116 Å². The van der Waals surface area contributed by atoms with Crippen molar-refractivity contribution in [3.05, 3.63) is 53.9 Å². The Labute approximate surface area is 181 Å². The van der Waals surface area contributed by atoms with E-state index in [0.717, 1.165) is 37.3 Å². The highest BCUT2D eigenvalue weighted by molar-refractivity contribution is 7.12. The first kappa shape index (κ1) is 19.3. The Hall–Kier alpha value is -3.63. The molecule has 0 aliphatic carbocycles. The summed E-state index contributed by atoms with van der Waals surface area (Å²) in [4.78, 5) is 23.6. The van der Waals surface area contributed by atoms with Gasteiger partial charge >= 0.3 is 0 Å². The molecule has 4 aromatic rings. The van der Waals surface area contributed by atoms with Gasteiger partial charge in [0.25, 0.3) is 5.91 Å². The van der Waals surface area contributed by atoms with Gasteiger partial charge in [0.2, 0.25) is 5.88 Å². The highest BCUT2D eigenvalue weighted by Gasteiger charge is 2.19. The molecule has 1 fully saturated rings. The minimum Gasteiger partial charge on any atom is -0.508 e. The SMILES string of the molecule is O=C(Nc1cnccc1N1CCNCC1)c1csc(-n2cc3ccc(O)cc3c2O)n1. The van der Waals surface area contributed by atoms with E-state index in [1.807, 2.05) is 6.07 Å². The van der Waals surface area contributed by atoms with Crippen LogP contribution in [0.5, 0.6) is 11.6 Å². The van der Waals surface area contributed by atoms with Crippen molar-refractivity contribution in [2.24, 2.45) is 0 Å². The highest BCUT2D eigenvalue weighted by Crippen LogP contribution is 2.33. The first-order valence-electron chi connectivity index (χ1n) is 9.80. The molecule has 9 nitrogen and oxygen atoms in total. The molecule has 1 aliphatic rings. The normalized spacial score (nSPS) is 14.1. The number of hydrogen-bond donors (Lipinski definition) is 4. The number of phenolic OH excluding ortho intramolecular Hbond substituents is 1. The van der Waals surface area contributed by atoms with E-state index >= 15 is 0 Å². The molecule has 1 saturated heterocycles. The van der Waals surface area contributed by atoms with Crippen LogP contribution in [-0.4, -0.2) is 56.8 Å². The van der Waals surface area contributed by atoms with E-state index in [1.54, 1.807) is 36.1 Å². The molecular formula is C21H20N6O3S. The molecule has 1 aromatic carbocycles. The van der Waals surface area contributed by atoms with Crippen molar-refractivity contribution in [2.45, 2.75) is 0 Å². The van der Waals surface area contributed by atoms with Crippen LogP contribution in [0.4, 0.5) is 11.4 Å². The smallest absolute Gasteiger partial charge is 0.275 e. The Bertz CT molecular complexity index is 1260. The largest absolute Gasteiger partial charge is 0.508 e. The van der Waals surface area contributed by atoms with Gasteiger partial charge in [-0.3, -0.25) is 14.3 Å². The van der Waals surface area contributed by atoms with Crippen LogP contribution < -0.4 is 15.5 Å². The van der Waals surface area contributed by atoms with Crippen LogP contribution in [0, 0.1) is 0 Å². The summed E-state index contributed by atoms with van der Waals surface area (Å²) < 4.78 is 1.50. The third-order valence-corrected chi connectivity index (χ3v) is 6.05. The lowest BCUT2D eigenvalue weighted by molar-refractivity contribution is 0.102. The fourth-order valence-corrected chi connectivity index (χ4v) is 4.44. The number of aromatic hydroxyl groups is 2. The van der Waals surface area contributed by atoms with Crippen LogP contribution in [0.25, 0.3) is 15.9 Å². The zero-order valence-corrected chi connectivity index (χ0v) is 17.3. The summed E-state index contributed by atoms with van der Waals surface area (Å²) in [6.07, 6.45) is 5.07. The number of nitrogens with one attached hydrogen (secondary N) is 2. The second kappa shape index (κ2) is 7.89. The summed E-state index contributed by atoms with van der Waals surface area (Å²) in [5, 5.41) is 29.8. The molecular weight excluding hydrogens is 416 g/mol. The summed E-state index contributed by atoms with van der Waals surface area (Å²) in [7, 11) is 0. The summed E-state index contributed by atoms with van der Waals surface area (Å²) >= 11 is 1.24. The average molecular weight is 436 g/mol. The monoisotopic (exact) mass is 436 g/mol. The van der Waals surface area contributed by atoms with Crippen LogP contribution in [0.3, 0.4) is 0 Å². The number of carbonyl (C=O) groups excluding carboxylic acids is 1. The molecule has 3 aromatic heterocycles. The van der Waals surface area contributed by atoms with Gasteiger partial charge < -0.3 is 25.7 Å². The van der Waals surface area contributed by atoms with E-state index in [2.05, 4.69) is 25.5 Å². The predicted molar refractivity (Wildman–Crippen MR) is 120 cm³/mol. The number of nitrogens with zero attached hydrogens (tertiary/aromatic N) is 4. The van der Waals surface area contributed by atoms with Crippen molar-refractivity contribution < 1.29 is 15.0 Å². The number of rotatable bonds is 4.